The van der Waals surface area contributed by atoms with Gasteiger partial charge in [0, 0.05) is 38.8 Å². The van der Waals surface area contributed by atoms with Crippen molar-refractivity contribution in [2.45, 2.75) is 11.3 Å². The predicted octanol–water partition coefficient (Wildman–Crippen LogP) is 1.37. The summed E-state index contributed by atoms with van der Waals surface area (Å²) in [5, 5.41) is 3.20. The minimum atomic E-state index is -4.02. The van der Waals surface area contributed by atoms with E-state index in [2.05, 4.69) is 5.32 Å². The lowest BCUT2D eigenvalue weighted by Crippen LogP contribution is -2.50. The summed E-state index contributed by atoms with van der Waals surface area (Å²) in [5.74, 6) is 0.399. The highest BCUT2D eigenvalue weighted by Crippen LogP contribution is 2.30. The van der Waals surface area contributed by atoms with Crippen LogP contribution in [0.15, 0.2) is 53.4 Å². The van der Waals surface area contributed by atoms with Crippen LogP contribution in [0, 0.1) is 0 Å². The van der Waals surface area contributed by atoms with E-state index in [1.807, 2.05) is 30.3 Å². The highest BCUT2D eigenvalue weighted by atomic mass is 32.2. The third-order valence-corrected chi connectivity index (χ3v) is 7.13. The van der Waals surface area contributed by atoms with Gasteiger partial charge >= 0.3 is 0 Å². The first-order chi connectivity index (χ1) is 15.0. The number of sulfonamides is 1. The Hall–Kier alpha value is -2.62. The second-order valence-corrected chi connectivity index (χ2v) is 9.13. The zero-order valence-electron chi connectivity index (χ0n) is 17.9. The highest BCUT2D eigenvalue weighted by molar-refractivity contribution is 7.89. The first-order valence-corrected chi connectivity index (χ1v) is 11.6. The van der Waals surface area contributed by atoms with Crippen LogP contribution in [0.4, 0.5) is 0 Å². The molecular formula is C22H29N3O5S. The van der Waals surface area contributed by atoms with Crippen molar-refractivity contribution in [1.29, 1.82) is 0 Å². The van der Waals surface area contributed by atoms with E-state index in [9.17, 15) is 13.2 Å². The third kappa shape index (κ3) is 5.75. The standard InChI is InChI=1S/C22H29N3O5S/c1-29-19-8-9-20(30-2)21(16-19)31(27,28)25(13-10-18-6-4-3-5-7-18)17-22(26)24-14-11-23-12-15-24/h3-9,16,23H,10-15,17H2,1-2H3. The Morgan fingerprint density at radius 1 is 1.06 bits per heavy atom. The number of rotatable bonds is 9. The number of ether oxygens (including phenoxy) is 2. The first kappa shape index (κ1) is 23.1. The van der Waals surface area contributed by atoms with E-state index >= 15 is 0 Å². The van der Waals surface area contributed by atoms with Gasteiger partial charge in [-0.1, -0.05) is 30.3 Å². The lowest BCUT2D eigenvalue weighted by molar-refractivity contribution is -0.131. The van der Waals surface area contributed by atoms with Gasteiger partial charge in [-0.25, -0.2) is 8.42 Å². The normalized spacial score (nSPS) is 14.5. The van der Waals surface area contributed by atoms with E-state index in [0.717, 1.165) is 5.56 Å². The van der Waals surface area contributed by atoms with Crippen molar-refractivity contribution in [3.05, 3.63) is 54.1 Å². The average molecular weight is 448 g/mol. The summed E-state index contributed by atoms with van der Waals surface area (Å²) < 4.78 is 39.0. The molecule has 0 bridgehead atoms. The van der Waals surface area contributed by atoms with Gasteiger partial charge in [0.05, 0.1) is 20.8 Å². The Bertz CT molecular complexity index is 976. The van der Waals surface area contributed by atoms with Crippen LogP contribution in [0.3, 0.4) is 0 Å². The molecule has 0 radical (unpaired) electrons. The fourth-order valence-corrected chi connectivity index (χ4v) is 5.03. The van der Waals surface area contributed by atoms with Gasteiger partial charge < -0.3 is 19.7 Å². The molecule has 0 spiro atoms. The van der Waals surface area contributed by atoms with E-state index in [4.69, 9.17) is 9.47 Å². The van der Waals surface area contributed by atoms with Gasteiger partial charge in [0.25, 0.3) is 0 Å². The van der Waals surface area contributed by atoms with Gasteiger partial charge in [0.2, 0.25) is 15.9 Å². The molecule has 2 aromatic rings. The van der Waals surface area contributed by atoms with Crippen molar-refractivity contribution in [3.63, 3.8) is 0 Å². The zero-order valence-corrected chi connectivity index (χ0v) is 18.7. The summed E-state index contributed by atoms with van der Waals surface area (Å²) in [6, 6.07) is 14.2. The second kappa shape index (κ2) is 10.6. The number of hydrogen-bond donors (Lipinski definition) is 1. The predicted molar refractivity (Wildman–Crippen MR) is 118 cm³/mol. The lowest BCUT2D eigenvalue weighted by Gasteiger charge is -2.30. The van der Waals surface area contributed by atoms with Crippen LogP contribution in [-0.2, 0) is 21.2 Å². The molecule has 1 fully saturated rings. The van der Waals surface area contributed by atoms with Crippen molar-refractivity contribution >= 4 is 15.9 Å². The molecule has 0 unspecified atom stereocenters. The van der Waals surface area contributed by atoms with Crippen molar-refractivity contribution in [1.82, 2.24) is 14.5 Å². The van der Waals surface area contributed by atoms with E-state index in [-0.39, 0.29) is 29.6 Å². The summed E-state index contributed by atoms with van der Waals surface area (Å²) in [6.45, 7) is 2.47. The maximum atomic E-state index is 13.6. The number of nitrogens with one attached hydrogen (secondary N) is 1. The zero-order chi connectivity index (χ0) is 22.3. The van der Waals surface area contributed by atoms with Crippen LogP contribution in [0.2, 0.25) is 0 Å². The molecular weight excluding hydrogens is 418 g/mol. The molecule has 0 atom stereocenters. The molecule has 1 aliphatic rings. The molecule has 0 aliphatic carbocycles. The number of benzene rings is 2. The molecule has 1 heterocycles. The average Bonchev–Trinajstić information content (AvgIpc) is 2.82. The maximum Gasteiger partial charge on any atom is 0.247 e. The van der Waals surface area contributed by atoms with Crippen LogP contribution in [0.5, 0.6) is 11.5 Å². The first-order valence-electron chi connectivity index (χ1n) is 10.2. The fourth-order valence-electron chi connectivity index (χ4n) is 3.47. The minimum absolute atomic E-state index is 0.0180. The molecule has 1 N–H and O–H groups in total. The highest BCUT2D eigenvalue weighted by Gasteiger charge is 2.31. The largest absolute Gasteiger partial charge is 0.497 e. The number of carbonyl (C=O) groups is 1. The lowest BCUT2D eigenvalue weighted by atomic mass is 10.1. The second-order valence-electron chi connectivity index (χ2n) is 7.22. The topological polar surface area (TPSA) is 88.2 Å². The van der Waals surface area contributed by atoms with Crippen molar-refractivity contribution in [3.8, 4) is 11.5 Å². The molecule has 1 aliphatic heterocycles. The molecule has 2 aromatic carbocycles. The smallest absolute Gasteiger partial charge is 0.247 e. The Balaban J connectivity index is 1.90. The summed E-state index contributed by atoms with van der Waals surface area (Å²) in [5.41, 5.74) is 0.995. The Kier molecular flexibility index (Phi) is 7.89. The summed E-state index contributed by atoms with van der Waals surface area (Å²) in [4.78, 5) is 14.6. The Labute approximate surface area is 183 Å². The SMILES string of the molecule is COc1ccc(OC)c(S(=O)(=O)N(CCc2ccccc2)CC(=O)N2CCNCC2)c1. The summed E-state index contributed by atoms with van der Waals surface area (Å²) in [6.07, 6.45) is 0.487. The Morgan fingerprint density at radius 3 is 2.42 bits per heavy atom. The van der Waals surface area contributed by atoms with Gasteiger partial charge in [-0.05, 0) is 24.1 Å². The van der Waals surface area contributed by atoms with E-state index in [0.29, 0.717) is 38.3 Å². The van der Waals surface area contributed by atoms with Gasteiger partial charge in [-0.15, -0.1) is 0 Å². The van der Waals surface area contributed by atoms with Crippen LogP contribution in [0.25, 0.3) is 0 Å². The molecule has 31 heavy (non-hydrogen) atoms. The van der Waals surface area contributed by atoms with E-state index in [1.54, 1.807) is 17.0 Å². The quantitative estimate of drug-likeness (QED) is 0.625. The van der Waals surface area contributed by atoms with Gasteiger partial charge in [-0.3, -0.25) is 4.79 Å². The van der Waals surface area contributed by atoms with Crippen LogP contribution in [-0.4, -0.2) is 77.0 Å². The summed E-state index contributed by atoms with van der Waals surface area (Å²) in [7, 11) is -1.13. The van der Waals surface area contributed by atoms with Crippen LogP contribution in [0.1, 0.15) is 5.56 Å². The molecule has 0 aromatic heterocycles. The van der Waals surface area contributed by atoms with Crippen molar-refractivity contribution in [2.24, 2.45) is 0 Å². The molecule has 3 rings (SSSR count). The third-order valence-electron chi connectivity index (χ3n) is 5.26. The van der Waals surface area contributed by atoms with E-state index in [1.165, 1.54) is 24.6 Å². The fraction of sp³-hybridized carbons (Fsp3) is 0.409. The van der Waals surface area contributed by atoms with Crippen molar-refractivity contribution in [2.75, 3.05) is 53.5 Å². The van der Waals surface area contributed by atoms with E-state index < -0.39 is 10.0 Å². The van der Waals surface area contributed by atoms with Crippen LogP contribution < -0.4 is 14.8 Å². The number of carbonyl (C=O) groups excluding carboxylic acids is 1. The number of piperazine rings is 1. The van der Waals surface area contributed by atoms with Gasteiger partial charge in [0.1, 0.15) is 16.4 Å². The number of amides is 1. The molecule has 8 nitrogen and oxygen atoms in total. The summed E-state index contributed by atoms with van der Waals surface area (Å²) >= 11 is 0. The molecule has 9 heteroatoms. The Morgan fingerprint density at radius 2 is 1.77 bits per heavy atom. The minimum Gasteiger partial charge on any atom is -0.497 e. The molecule has 168 valence electrons. The maximum absolute atomic E-state index is 13.6. The molecule has 1 saturated heterocycles. The van der Waals surface area contributed by atoms with Gasteiger partial charge in [0.15, 0.2) is 0 Å². The monoisotopic (exact) mass is 447 g/mol. The van der Waals surface area contributed by atoms with Crippen molar-refractivity contribution < 1.29 is 22.7 Å². The number of nitrogens with zero attached hydrogens (tertiary/aromatic N) is 2. The number of hydrogen-bond acceptors (Lipinski definition) is 6. The molecule has 1 amide bonds. The van der Waals surface area contributed by atoms with Crippen LogP contribution >= 0.6 is 0 Å². The molecule has 0 saturated carbocycles. The van der Waals surface area contributed by atoms with Gasteiger partial charge in [-0.2, -0.15) is 4.31 Å². The number of methoxy groups -OCH3 is 2.